The van der Waals surface area contributed by atoms with Gasteiger partial charge in [-0.25, -0.2) is 0 Å². The van der Waals surface area contributed by atoms with E-state index in [-0.39, 0.29) is 0 Å². The molecule has 0 fully saturated rings. The number of carboxylic acid groups (broad SMARTS) is 1. The van der Waals surface area contributed by atoms with Crippen LogP contribution < -0.4 is 14.8 Å². The number of carbonyl (C=O) groups is 1. The van der Waals surface area contributed by atoms with Gasteiger partial charge in [-0.05, 0) is 30.9 Å². The molecule has 0 aliphatic carbocycles. The van der Waals surface area contributed by atoms with Gasteiger partial charge >= 0.3 is 5.97 Å². The minimum atomic E-state index is -0.839. The van der Waals surface area contributed by atoms with E-state index < -0.39 is 12.0 Å². The maximum absolute atomic E-state index is 11.5. The van der Waals surface area contributed by atoms with Crippen LogP contribution in [0.1, 0.15) is 37.0 Å². The lowest BCUT2D eigenvalue weighted by molar-refractivity contribution is -0.140. The standard InChI is InChI=1S/C22H29NO4/c1-15(2)11-19(22(24)25)23-13-18-9-6-10-20(26-4)21(18)27-14-17-8-5-7-16(3)12-17/h5-10,12,15,19,23H,11,13-14H2,1-4H3,(H,24,25). The van der Waals surface area contributed by atoms with Gasteiger partial charge in [-0.15, -0.1) is 0 Å². The zero-order chi connectivity index (χ0) is 19.8. The van der Waals surface area contributed by atoms with Gasteiger partial charge in [0.1, 0.15) is 12.6 Å². The molecule has 0 radical (unpaired) electrons. The van der Waals surface area contributed by atoms with E-state index in [9.17, 15) is 9.90 Å². The average Bonchev–Trinajstić information content (AvgIpc) is 2.63. The zero-order valence-corrected chi connectivity index (χ0v) is 16.5. The largest absolute Gasteiger partial charge is 0.493 e. The maximum atomic E-state index is 11.5. The predicted molar refractivity (Wildman–Crippen MR) is 106 cm³/mol. The quantitative estimate of drug-likeness (QED) is 0.656. The van der Waals surface area contributed by atoms with Crippen molar-refractivity contribution in [2.24, 2.45) is 5.92 Å². The van der Waals surface area contributed by atoms with Gasteiger partial charge in [0.25, 0.3) is 0 Å². The van der Waals surface area contributed by atoms with Crippen molar-refractivity contribution in [2.75, 3.05) is 7.11 Å². The van der Waals surface area contributed by atoms with Crippen molar-refractivity contribution in [1.29, 1.82) is 0 Å². The van der Waals surface area contributed by atoms with E-state index in [2.05, 4.69) is 11.4 Å². The molecule has 2 aromatic carbocycles. The number of rotatable bonds is 10. The highest BCUT2D eigenvalue weighted by Gasteiger charge is 2.19. The molecule has 146 valence electrons. The van der Waals surface area contributed by atoms with Crippen molar-refractivity contribution in [2.45, 2.75) is 46.4 Å². The van der Waals surface area contributed by atoms with E-state index in [1.165, 1.54) is 5.56 Å². The zero-order valence-electron chi connectivity index (χ0n) is 16.5. The number of benzene rings is 2. The lowest BCUT2D eigenvalue weighted by Crippen LogP contribution is -2.37. The molecule has 2 aromatic rings. The molecular weight excluding hydrogens is 342 g/mol. The monoisotopic (exact) mass is 371 g/mol. The summed E-state index contributed by atoms with van der Waals surface area (Å²) in [6, 6.07) is 13.2. The third kappa shape index (κ3) is 6.29. The Morgan fingerprint density at radius 2 is 1.93 bits per heavy atom. The van der Waals surface area contributed by atoms with E-state index in [0.717, 1.165) is 11.1 Å². The smallest absolute Gasteiger partial charge is 0.320 e. The summed E-state index contributed by atoms with van der Waals surface area (Å²) in [5, 5.41) is 12.6. The van der Waals surface area contributed by atoms with Crippen LogP contribution >= 0.6 is 0 Å². The first-order valence-electron chi connectivity index (χ1n) is 9.21. The van der Waals surface area contributed by atoms with Crippen molar-refractivity contribution < 1.29 is 19.4 Å². The van der Waals surface area contributed by atoms with E-state index in [0.29, 0.717) is 37.0 Å². The van der Waals surface area contributed by atoms with Crippen molar-refractivity contribution in [1.82, 2.24) is 5.32 Å². The van der Waals surface area contributed by atoms with Crippen LogP contribution in [0.4, 0.5) is 0 Å². The van der Waals surface area contributed by atoms with Gasteiger partial charge in [0, 0.05) is 12.1 Å². The van der Waals surface area contributed by atoms with Crippen molar-refractivity contribution in [3.8, 4) is 11.5 Å². The average molecular weight is 371 g/mol. The molecule has 27 heavy (non-hydrogen) atoms. The van der Waals surface area contributed by atoms with Crippen LogP contribution in [-0.2, 0) is 17.9 Å². The number of hydrogen-bond acceptors (Lipinski definition) is 4. The molecule has 0 heterocycles. The number of methoxy groups -OCH3 is 1. The molecule has 0 aromatic heterocycles. The molecule has 0 aliphatic heterocycles. The second-order valence-corrected chi connectivity index (χ2v) is 7.13. The molecule has 1 atom stereocenters. The molecule has 2 N–H and O–H groups in total. The van der Waals surface area contributed by atoms with Gasteiger partial charge in [0.05, 0.1) is 7.11 Å². The molecule has 0 bridgehead atoms. The fourth-order valence-electron chi connectivity index (χ4n) is 2.96. The van der Waals surface area contributed by atoms with E-state index >= 15 is 0 Å². The molecule has 5 heteroatoms. The molecule has 0 aliphatic rings. The first-order chi connectivity index (χ1) is 12.9. The number of ether oxygens (including phenoxy) is 2. The van der Waals surface area contributed by atoms with Crippen LogP contribution in [0.15, 0.2) is 42.5 Å². The first-order valence-corrected chi connectivity index (χ1v) is 9.21. The summed E-state index contributed by atoms with van der Waals surface area (Å²) in [6.07, 6.45) is 0.568. The molecule has 0 amide bonds. The van der Waals surface area contributed by atoms with Crippen LogP contribution in [0.3, 0.4) is 0 Å². The molecule has 1 unspecified atom stereocenters. The SMILES string of the molecule is COc1cccc(CNC(CC(C)C)C(=O)O)c1OCc1cccc(C)c1. The number of nitrogens with one attached hydrogen (secondary N) is 1. The van der Waals surface area contributed by atoms with Crippen LogP contribution in [-0.4, -0.2) is 24.2 Å². The fourth-order valence-corrected chi connectivity index (χ4v) is 2.96. The van der Waals surface area contributed by atoms with Crippen molar-refractivity contribution in [3.63, 3.8) is 0 Å². The topological polar surface area (TPSA) is 67.8 Å². The molecule has 0 saturated carbocycles. The number of hydrogen-bond donors (Lipinski definition) is 2. The molecule has 0 saturated heterocycles. The Morgan fingerprint density at radius 1 is 1.19 bits per heavy atom. The Labute approximate surface area is 161 Å². The Balaban J connectivity index is 2.15. The van der Waals surface area contributed by atoms with Crippen LogP contribution in [0.2, 0.25) is 0 Å². The summed E-state index contributed by atoms with van der Waals surface area (Å²) < 4.78 is 11.5. The predicted octanol–water partition coefficient (Wildman–Crippen LogP) is 4.17. The molecule has 5 nitrogen and oxygen atoms in total. The number of para-hydroxylation sites is 1. The van der Waals surface area contributed by atoms with E-state index in [1.807, 2.05) is 57.2 Å². The van der Waals surface area contributed by atoms with Gasteiger partial charge in [0.15, 0.2) is 11.5 Å². The molecule has 0 spiro atoms. The number of aliphatic carboxylic acids is 1. The van der Waals surface area contributed by atoms with Crippen LogP contribution in [0, 0.1) is 12.8 Å². The normalized spacial score (nSPS) is 12.0. The summed E-state index contributed by atoms with van der Waals surface area (Å²) in [6.45, 7) is 6.88. The highest BCUT2D eigenvalue weighted by molar-refractivity contribution is 5.73. The van der Waals surface area contributed by atoms with Crippen LogP contribution in [0.5, 0.6) is 11.5 Å². The van der Waals surface area contributed by atoms with Gasteiger partial charge in [-0.2, -0.15) is 0 Å². The highest BCUT2D eigenvalue weighted by Crippen LogP contribution is 2.32. The third-order valence-corrected chi connectivity index (χ3v) is 4.29. The maximum Gasteiger partial charge on any atom is 0.320 e. The Morgan fingerprint density at radius 3 is 2.56 bits per heavy atom. The molecular formula is C22H29NO4. The summed E-state index contributed by atoms with van der Waals surface area (Å²) >= 11 is 0. The summed E-state index contributed by atoms with van der Waals surface area (Å²) in [7, 11) is 1.60. The van der Waals surface area contributed by atoms with E-state index in [1.54, 1.807) is 7.11 Å². The summed E-state index contributed by atoms with van der Waals surface area (Å²) in [4.78, 5) is 11.5. The van der Waals surface area contributed by atoms with Crippen molar-refractivity contribution in [3.05, 3.63) is 59.2 Å². The minimum Gasteiger partial charge on any atom is -0.493 e. The second-order valence-electron chi connectivity index (χ2n) is 7.13. The van der Waals surface area contributed by atoms with Crippen LogP contribution in [0.25, 0.3) is 0 Å². The second kappa shape index (κ2) is 9.97. The van der Waals surface area contributed by atoms with Gasteiger partial charge in [0.2, 0.25) is 0 Å². The van der Waals surface area contributed by atoms with Gasteiger partial charge in [-0.3, -0.25) is 4.79 Å². The lowest BCUT2D eigenvalue weighted by Gasteiger charge is -2.19. The first kappa shape index (κ1) is 20.8. The van der Waals surface area contributed by atoms with Gasteiger partial charge < -0.3 is 19.9 Å². The van der Waals surface area contributed by atoms with Crippen molar-refractivity contribution >= 4 is 5.97 Å². The molecule has 2 rings (SSSR count). The number of carboxylic acids is 1. The summed E-state index contributed by atoms with van der Waals surface area (Å²) in [5.41, 5.74) is 3.12. The third-order valence-electron chi connectivity index (χ3n) is 4.29. The minimum absolute atomic E-state index is 0.293. The Bertz CT molecular complexity index is 758. The highest BCUT2D eigenvalue weighted by atomic mass is 16.5. The Kier molecular flexibility index (Phi) is 7.67. The Hall–Kier alpha value is -2.53. The summed E-state index contributed by atoms with van der Waals surface area (Å²) in [5.74, 6) is 0.732. The lowest BCUT2D eigenvalue weighted by atomic mass is 10.0. The number of aryl methyl sites for hydroxylation is 1. The fraction of sp³-hybridized carbons (Fsp3) is 0.409. The van der Waals surface area contributed by atoms with Gasteiger partial charge in [-0.1, -0.05) is 55.8 Å². The van der Waals surface area contributed by atoms with E-state index in [4.69, 9.17) is 9.47 Å².